The topological polar surface area (TPSA) is 70.2 Å². The van der Waals surface area contributed by atoms with Crippen LogP contribution in [-0.2, 0) is 19.1 Å². The molecule has 7 nitrogen and oxygen atoms in total. The van der Waals surface area contributed by atoms with Gasteiger partial charge in [0.25, 0.3) is 0 Å². The Balaban J connectivity index is 1.40. The van der Waals surface area contributed by atoms with Gasteiger partial charge >= 0.3 is 5.97 Å². The molecular formula is C26H34FN3O4S. The molecule has 4 rings (SSSR count). The van der Waals surface area contributed by atoms with Crippen LogP contribution in [0.3, 0.4) is 0 Å². The van der Waals surface area contributed by atoms with Crippen molar-refractivity contribution in [1.29, 1.82) is 0 Å². The summed E-state index contributed by atoms with van der Waals surface area (Å²) in [6, 6.07) is 6.01. The predicted octanol–water partition coefficient (Wildman–Crippen LogP) is 2.48. The molecule has 2 saturated heterocycles. The third-order valence-corrected chi connectivity index (χ3v) is 7.73. The lowest BCUT2D eigenvalue weighted by Crippen LogP contribution is -2.50. The minimum Gasteiger partial charge on any atom is -0.469 e. The predicted molar refractivity (Wildman–Crippen MR) is 134 cm³/mol. The van der Waals surface area contributed by atoms with Gasteiger partial charge in [0.2, 0.25) is 5.91 Å². The van der Waals surface area contributed by atoms with Crippen LogP contribution in [0.5, 0.6) is 0 Å². The Hall–Kier alpha value is -2.23. The number of carbonyl (C=O) groups excluding carboxylic acids is 3. The second-order valence-corrected chi connectivity index (χ2v) is 10.2. The molecule has 1 aromatic rings. The summed E-state index contributed by atoms with van der Waals surface area (Å²) in [7, 11) is 1.34. The van der Waals surface area contributed by atoms with E-state index in [1.54, 1.807) is 23.1 Å². The number of rotatable bonds is 9. The normalized spacial score (nSPS) is 24.0. The van der Waals surface area contributed by atoms with Crippen molar-refractivity contribution in [2.75, 3.05) is 52.9 Å². The van der Waals surface area contributed by atoms with Crippen LogP contribution >= 0.6 is 12.6 Å². The van der Waals surface area contributed by atoms with Gasteiger partial charge in [-0.05, 0) is 30.9 Å². The summed E-state index contributed by atoms with van der Waals surface area (Å²) in [4.78, 5) is 43.0. The number of thiol groups is 1. The zero-order chi connectivity index (χ0) is 24.9. The largest absolute Gasteiger partial charge is 0.469 e. The standard InChI is InChI=1S/C26H34FN3O4S/c1-34-24(32)10-13-29-15-14-28(17-23(29)31)11-8-19-16-30(12-9-22(19)35)25(26(33)18-6-7-18)20-4-2-3-5-21(20)27/h2-5,8,18,22,25,35H,6-7,9-17H2,1H3/b19-8-. The molecular weight excluding hydrogens is 469 g/mol. The van der Waals surface area contributed by atoms with E-state index in [9.17, 15) is 18.8 Å². The van der Waals surface area contributed by atoms with Crippen LogP contribution < -0.4 is 0 Å². The van der Waals surface area contributed by atoms with Gasteiger partial charge in [-0.3, -0.25) is 24.2 Å². The minimum atomic E-state index is -0.576. The minimum absolute atomic E-state index is 0.000828. The maximum absolute atomic E-state index is 14.7. The fourth-order valence-corrected chi connectivity index (χ4v) is 5.16. The summed E-state index contributed by atoms with van der Waals surface area (Å²) in [5.41, 5.74) is 1.56. The number of piperidine rings is 1. The molecule has 2 unspecified atom stereocenters. The fourth-order valence-electron chi connectivity index (χ4n) is 4.86. The highest BCUT2D eigenvalue weighted by molar-refractivity contribution is 7.81. The number of Topliss-reactive ketones (excluding diaryl/α,β-unsaturated/α-hetero) is 1. The van der Waals surface area contributed by atoms with Gasteiger partial charge in [0.05, 0.1) is 26.1 Å². The average Bonchev–Trinajstić information content (AvgIpc) is 3.70. The lowest BCUT2D eigenvalue weighted by Gasteiger charge is -2.38. The number of methoxy groups -OCH3 is 1. The van der Waals surface area contributed by atoms with E-state index in [0.717, 1.165) is 31.4 Å². The molecule has 0 N–H and O–H groups in total. The quantitative estimate of drug-likeness (QED) is 0.317. The van der Waals surface area contributed by atoms with Gasteiger partial charge in [0.15, 0.2) is 5.78 Å². The summed E-state index contributed by atoms with van der Waals surface area (Å²) in [5.74, 6) is -0.516. The van der Waals surface area contributed by atoms with Crippen LogP contribution in [0, 0.1) is 11.7 Å². The molecule has 2 heterocycles. The zero-order valence-corrected chi connectivity index (χ0v) is 21.1. The lowest BCUT2D eigenvalue weighted by atomic mass is 9.93. The van der Waals surface area contributed by atoms with Crippen molar-refractivity contribution in [1.82, 2.24) is 14.7 Å². The molecule has 2 aliphatic heterocycles. The molecule has 0 bridgehead atoms. The SMILES string of the molecule is COC(=O)CCN1CCN(C/C=C2/CN(C(C(=O)C3CC3)c3ccccc3F)CCC2S)CC1=O. The van der Waals surface area contributed by atoms with Crippen molar-refractivity contribution in [2.24, 2.45) is 5.92 Å². The number of amides is 1. The van der Waals surface area contributed by atoms with E-state index in [0.29, 0.717) is 44.8 Å². The second-order valence-electron chi connectivity index (χ2n) is 9.60. The van der Waals surface area contributed by atoms with Gasteiger partial charge in [-0.25, -0.2) is 4.39 Å². The highest BCUT2D eigenvalue weighted by Crippen LogP contribution is 2.39. The highest BCUT2D eigenvalue weighted by atomic mass is 32.1. The van der Waals surface area contributed by atoms with Crippen molar-refractivity contribution in [3.8, 4) is 0 Å². The van der Waals surface area contributed by atoms with Crippen molar-refractivity contribution in [2.45, 2.75) is 37.0 Å². The summed E-state index contributed by atoms with van der Waals surface area (Å²) >= 11 is 4.77. The molecule has 1 saturated carbocycles. The molecule has 0 spiro atoms. The van der Waals surface area contributed by atoms with Crippen LogP contribution in [0.25, 0.3) is 0 Å². The monoisotopic (exact) mass is 503 g/mol. The third kappa shape index (κ3) is 6.51. The number of likely N-dealkylation sites (tertiary alicyclic amines) is 1. The van der Waals surface area contributed by atoms with Gasteiger partial charge in [-0.2, -0.15) is 12.6 Å². The Bertz CT molecular complexity index is 983. The number of carbonyl (C=O) groups is 3. The van der Waals surface area contributed by atoms with Crippen LogP contribution in [-0.4, -0.2) is 90.5 Å². The number of nitrogens with zero attached hydrogens (tertiary/aromatic N) is 3. The number of esters is 1. The van der Waals surface area contributed by atoms with Gasteiger partial charge in [0, 0.05) is 56.0 Å². The number of hydrogen-bond acceptors (Lipinski definition) is 7. The van der Waals surface area contributed by atoms with E-state index in [1.165, 1.54) is 13.2 Å². The van der Waals surface area contributed by atoms with Crippen LogP contribution in [0.1, 0.15) is 37.3 Å². The van der Waals surface area contributed by atoms with E-state index in [1.807, 2.05) is 0 Å². The lowest BCUT2D eigenvalue weighted by molar-refractivity contribution is -0.142. The van der Waals surface area contributed by atoms with Gasteiger partial charge in [0.1, 0.15) is 5.82 Å². The first-order valence-corrected chi connectivity index (χ1v) is 12.8. The molecule has 1 amide bonds. The van der Waals surface area contributed by atoms with Crippen molar-refractivity contribution in [3.05, 3.63) is 47.3 Å². The molecule has 0 radical (unpaired) electrons. The van der Waals surface area contributed by atoms with E-state index >= 15 is 0 Å². The third-order valence-electron chi connectivity index (χ3n) is 7.14. The number of hydrogen-bond donors (Lipinski definition) is 1. The Morgan fingerprint density at radius 3 is 2.63 bits per heavy atom. The molecule has 1 aromatic carbocycles. The maximum Gasteiger partial charge on any atom is 0.307 e. The first kappa shape index (κ1) is 25.9. The molecule has 1 aliphatic carbocycles. The van der Waals surface area contributed by atoms with E-state index in [2.05, 4.69) is 20.6 Å². The van der Waals surface area contributed by atoms with Gasteiger partial charge in [-0.15, -0.1) is 0 Å². The van der Waals surface area contributed by atoms with Crippen LogP contribution in [0.2, 0.25) is 0 Å². The summed E-state index contributed by atoms with van der Waals surface area (Å²) in [5, 5.41) is 0.0700. The summed E-state index contributed by atoms with van der Waals surface area (Å²) < 4.78 is 19.4. The van der Waals surface area contributed by atoms with Gasteiger partial charge < -0.3 is 9.64 Å². The first-order chi connectivity index (χ1) is 16.9. The second kappa shape index (κ2) is 11.7. The smallest absolute Gasteiger partial charge is 0.307 e. The number of ether oxygens (including phenoxy) is 1. The van der Waals surface area contributed by atoms with E-state index < -0.39 is 6.04 Å². The highest BCUT2D eigenvalue weighted by Gasteiger charge is 2.40. The van der Waals surface area contributed by atoms with Crippen LogP contribution in [0.4, 0.5) is 4.39 Å². The fraction of sp³-hybridized carbons (Fsp3) is 0.577. The van der Waals surface area contributed by atoms with Crippen molar-refractivity contribution < 1.29 is 23.5 Å². The number of benzene rings is 1. The Labute approximate surface area is 211 Å². The van der Waals surface area contributed by atoms with E-state index in [4.69, 9.17) is 12.6 Å². The Morgan fingerprint density at radius 1 is 1.17 bits per heavy atom. The van der Waals surface area contributed by atoms with E-state index in [-0.39, 0.29) is 41.1 Å². The number of piperazine rings is 1. The molecule has 35 heavy (non-hydrogen) atoms. The maximum atomic E-state index is 14.7. The van der Waals surface area contributed by atoms with Crippen molar-refractivity contribution in [3.63, 3.8) is 0 Å². The average molecular weight is 504 g/mol. The Morgan fingerprint density at radius 2 is 1.94 bits per heavy atom. The number of halogens is 1. The molecule has 190 valence electrons. The zero-order valence-electron chi connectivity index (χ0n) is 20.2. The van der Waals surface area contributed by atoms with Gasteiger partial charge in [-0.1, -0.05) is 24.3 Å². The molecule has 3 fully saturated rings. The summed E-state index contributed by atoms with van der Waals surface area (Å²) in [6.07, 6.45) is 4.86. The Kier molecular flexibility index (Phi) is 8.62. The summed E-state index contributed by atoms with van der Waals surface area (Å²) in [6.45, 7) is 3.80. The van der Waals surface area contributed by atoms with Crippen molar-refractivity contribution >= 4 is 30.3 Å². The molecule has 0 aromatic heterocycles. The number of ketones is 1. The van der Waals surface area contributed by atoms with Crippen LogP contribution in [0.15, 0.2) is 35.9 Å². The molecule has 9 heteroatoms. The molecule has 3 aliphatic rings. The first-order valence-electron chi connectivity index (χ1n) is 12.3. The molecule has 2 atom stereocenters.